The van der Waals surface area contributed by atoms with E-state index in [1.165, 1.54) is 154 Å². The molecule has 3 atom stereocenters. The molecule has 0 saturated carbocycles. The minimum atomic E-state index is -4.36. The molecule has 8 nitrogen and oxygen atoms in total. The van der Waals surface area contributed by atoms with Crippen molar-refractivity contribution >= 4 is 13.7 Å². The van der Waals surface area contributed by atoms with Crippen molar-refractivity contribution in [3.05, 3.63) is 97.2 Å². The summed E-state index contributed by atoms with van der Waals surface area (Å²) in [5.41, 5.74) is 0. The van der Waals surface area contributed by atoms with Crippen LogP contribution in [0, 0.1) is 0 Å². The number of carbonyl (C=O) groups excluding carboxylic acids is 1. The Hall–Kier alpha value is -2.58. The van der Waals surface area contributed by atoms with Crippen LogP contribution >= 0.6 is 7.82 Å². The van der Waals surface area contributed by atoms with Gasteiger partial charge in [-0.25, -0.2) is 4.57 Å². The summed E-state index contributed by atoms with van der Waals surface area (Å²) in [4.78, 5) is 23.3. The quantitative estimate of drug-likeness (QED) is 0.0243. The van der Waals surface area contributed by atoms with Crippen LogP contribution in [0.5, 0.6) is 0 Å². The number of nitrogens with one attached hydrogen (secondary N) is 1. The van der Waals surface area contributed by atoms with E-state index in [2.05, 4.69) is 104 Å². The zero-order chi connectivity index (χ0) is 53.5. The first-order valence-corrected chi connectivity index (χ1v) is 31.6. The van der Waals surface area contributed by atoms with E-state index < -0.39 is 20.0 Å². The summed E-state index contributed by atoms with van der Waals surface area (Å²) in [7, 11) is 1.54. The third-order valence-corrected chi connectivity index (χ3v) is 14.0. The second-order valence-electron chi connectivity index (χ2n) is 21.3. The lowest BCUT2D eigenvalue weighted by Gasteiger charge is -2.25. The third kappa shape index (κ3) is 57.0. The van der Waals surface area contributed by atoms with Gasteiger partial charge in [-0.05, 0) is 89.9 Å². The Balaban J connectivity index is 4.00. The molecule has 0 bridgehead atoms. The number of hydrogen-bond acceptors (Lipinski definition) is 5. The van der Waals surface area contributed by atoms with Crippen LogP contribution in [0.3, 0.4) is 0 Å². The Labute approximate surface area is 451 Å². The molecule has 3 unspecified atom stereocenters. The van der Waals surface area contributed by atoms with Crippen molar-refractivity contribution in [2.75, 3.05) is 40.9 Å². The zero-order valence-corrected chi connectivity index (χ0v) is 49.0. The molecule has 0 fully saturated rings. The maximum absolute atomic E-state index is 13.0. The number of aliphatic hydroxyl groups is 1. The third-order valence-electron chi connectivity index (χ3n) is 13.0. The second-order valence-corrected chi connectivity index (χ2v) is 22.8. The summed E-state index contributed by atoms with van der Waals surface area (Å²) in [6.45, 7) is 4.65. The largest absolute Gasteiger partial charge is 0.472 e. The van der Waals surface area contributed by atoms with E-state index >= 15 is 0 Å². The molecule has 0 aromatic heterocycles. The number of rotatable bonds is 54. The fourth-order valence-corrected chi connectivity index (χ4v) is 9.07. The van der Waals surface area contributed by atoms with Crippen LogP contribution in [0.4, 0.5) is 0 Å². The highest BCUT2D eigenvalue weighted by molar-refractivity contribution is 7.47. The Kier molecular flexibility index (Phi) is 52.3. The molecule has 0 spiro atoms. The van der Waals surface area contributed by atoms with E-state index in [9.17, 15) is 19.4 Å². The van der Waals surface area contributed by atoms with Gasteiger partial charge in [-0.2, -0.15) is 0 Å². The number of nitrogens with zero attached hydrogens (tertiary/aromatic N) is 1. The molecule has 0 radical (unpaired) electrons. The Morgan fingerprint density at radius 1 is 0.479 bits per heavy atom. The van der Waals surface area contributed by atoms with Crippen LogP contribution in [0.15, 0.2) is 97.2 Å². The van der Waals surface area contributed by atoms with Crippen molar-refractivity contribution in [3.63, 3.8) is 0 Å². The van der Waals surface area contributed by atoms with Gasteiger partial charge >= 0.3 is 7.82 Å². The predicted molar refractivity (Wildman–Crippen MR) is 318 cm³/mol. The smallest absolute Gasteiger partial charge is 0.387 e. The summed E-state index contributed by atoms with van der Waals surface area (Å²) < 4.78 is 23.6. The number of unbranched alkanes of at least 4 members (excludes halogenated alkanes) is 27. The average molecular weight is 1040 g/mol. The van der Waals surface area contributed by atoms with Gasteiger partial charge in [0.1, 0.15) is 13.2 Å². The van der Waals surface area contributed by atoms with E-state index in [1.807, 2.05) is 27.2 Å². The zero-order valence-electron chi connectivity index (χ0n) is 48.1. The van der Waals surface area contributed by atoms with Crippen LogP contribution in [-0.2, 0) is 18.4 Å². The van der Waals surface area contributed by atoms with E-state index in [-0.39, 0.29) is 19.1 Å². The Morgan fingerprint density at radius 3 is 1.26 bits per heavy atom. The molecule has 73 heavy (non-hydrogen) atoms. The topological polar surface area (TPSA) is 105 Å². The van der Waals surface area contributed by atoms with Gasteiger partial charge in [0.05, 0.1) is 39.9 Å². The molecule has 9 heteroatoms. The number of allylic oxidation sites excluding steroid dienone is 15. The minimum Gasteiger partial charge on any atom is -0.387 e. The van der Waals surface area contributed by atoms with Crippen molar-refractivity contribution in [3.8, 4) is 0 Å². The molecule has 0 heterocycles. The van der Waals surface area contributed by atoms with Gasteiger partial charge in [0.25, 0.3) is 0 Å². The van der Waals surface area contributed by atoms with Gasteiger partial charge in [0, 0.05) is 6.42 Å². The summed E-state index contributed by atoms with van der Waals surface area (Å²) in [5.74, 6) is -0.191. The van der Waals surface area contributed by atoms with Gasteiger partial charge in [0.15, 0.2) is 0 Å². The van der Waals surface area contributed by atoms with E-state index in [4.69, 9.17) is 9.05 Å². The van der Waals surface area contributed by atoms with Gasteiger partial charge in [-0.3, -0.25) is 13.8 Å². The number of phosphoric ester groups is 1. The van der Waals surface area contributed by atoms with E-state index in [0.29, 0.717) is 17.4 Å². The van der Waals surface area contributed by atoms with Crippen molar-refractivity contribution in [2.24, 2.45) is 0 Å². The lowest BCUT2D eigenvalue weighted by molar-refractivity contribution is -0.870. The van der Waals surface area contributed by atoms with Crippen molar-refractivity contribution < 1.29 is 32.9 Å². The van der Waals surface area contributed by atoms with Gasteiger partial charge in [-0.1, -0.05) is 252 Å². The molecule has 0 saturated heterocycles. The highest BCUT2D eigenvalue weighted by Gasteiger charge is 2.27. The predicted octanol–water partition coefficient (Wildman–Crippen LogP) is 18.6. The standard InChI is InChI=1S/C64H115N2O6P/c1-6-8-10-12-14-16-18-20-22-23-24-25-26-27-28-29-30-31-32-33-34-35-36-37-38-39-40-41-42-43-44-46-48-50-52-54-56-58-64(68)65-62(61-72-73(69,70)71-60-59-66(3,4)5)63(67)57-55-53-51-49-47-45-21-19-17-15-13-11-9-7-2/h8,10,14,16-17,19-20,22,24-25,27-28,47,49,55,57,62-63,67H,6-7,9,11-13,15,18,21,23,26,29-46,48,50-54,56,58-61H2,1-5H3,(H-,65,68,69,70)/p+1/b10-8-,16-14-,19-17+,22-20-,25-24-,28-27-,49-47+,57-55+. The molecule has 0 rings (SSSR count). The van der Waals surface area contributed by atoms with Gasteiger partial charge in [0.2, 0.25) is 5.91 Å². The molecule has 0 aliphatic heterocycles. The maximum atomic E-state index is 13.0. The van der Waals surface area contributed by atoms with Gasteiger partial charge in [-0.15, -0.1) is 0 Å². The molecule has 3 N–H and O–H groups in total. The summed E-state index contributed by atoms with van der Waals surface area (Å²) in [5, 5.41) is 13.9. The summed E-state index contributed by atoms with van der Waals surface area (Å²) in [6, 6.07) is -0.872. The molecule has 0 aliphatic carbocycles. The van der Waals surface area contributed by atoms with Crippen LogP contribution in [0.1, 0.15) is 251 Å². The van der Waals surface area contributed by atoms with E-state index in [0.717, 1.165) is 77.0 Å². The molecule has 0 aromatic carbocycles. The minimum absolute atomic E-state index is 0.0514. The first-order chi connectivity index (χ1) is 35.5. The summed E-state index contributed by atoms with van der Waals surface area (Å²) in [6.07, 6.45) is 78.2. The number of carbonyl (C=O) groups is 1. The number of quaternary nitrogens is 1. The molecule has 422 valence electrons. The highest BCUT2D eigenvalue weighted by atomic mass is 31.2. The monoisotopic (exact) mass is 1040 g/mol. The lowest BCUT2D eigenvalue weighted by Crippen LogP contribution is -2.45. The number of phosphoric acid groups is 1. The molecule has 1 amide bonds. The fourth-order valence-electron chi connectivity index (χ4n) is 8.34. The second kappa shape index (κ2) is 54.2. The van der Waals surface area contributed by atoms with Crippen molar-refractivity contribution in [2.45, 2.75) is 264 Å². The first kappa shape index (κ1) is 70.4. The Morgan fingerprint density at radius 2 is 0.836 bits per heavy atom. The van der Waals surface area contributed by atoms with Crippen LogP contribution in [0.2, 0.25) is 0 Å². The number of amides is 1. The maximum Gasteiger partial charge on any atom is 0.472 e. The van der Waals surface area contributed by atoms with Crippen molar-refractivity contribution in [1.82, 2.24) is 5.32 Å². The Bertz CT molecular complexity index is 1510. The number of likely N-dealkylation sites (N-methyl/N-ethyl adjacent to an activating group) is 1. The summed E-state index contributed by atoms with van der Waals surface area (Å²) >= 11 is 0. The molecular weight excluding hydrogens is 924 g/mol. The molecule has 0 aliphatic rings. The van der Waals surface area contributed by atoms with Crippen LogP contribution in [0.25, 0.3) is 0 Å². The normalized spacial score (nSPS) is 14.6. The fraction of sp³-hybridized carbons (Fsp3) is 0.734. The lowest BCUT2D eigenvalue weighted by atomic mass is 10.0. The molecule has 0 aromatic rings. The SMILES string of the molecule is CC/C=C\C/C=C\C/C=C\C/C=C\C/C=C\CCCCCCCCCCCCCCCCCCCCCCCC(=O)NC(COP(=O)(O)OCC[N+](C)(C)C)C(O)/C=C/CC/C=C/CC/C=C/CCCCCC. The van der Waals surface area contributed by atoms with E-state index in [1.54, 1.807) is 6.08 Å². The van der Waals surface area contributed by atoms with Crippen molar-refractivity contribution in [1.29, 1.82) is 0 Å². The van der Waals surface area contributed by atoms with Gasteiger partial charge < -0.3 is 19.8 Å². The highest BCUT2D eigenvalue weighted by Crippen LogP contribution is 2.43. The average Bonchev–Trinajstić information content (AvgIpc) is 3.35. The number of aliphatic hydroxyl groups excluding tert-OH is 1. The number of hydrogen-bond donors (Lipinski definition) is 3. The molecular formula is C64H116N2O6P+. The van der Waals surface area contributed by atoms with Crippen LogP contribution < -0.4 is 5.32 Å². The first-order valence-electron chi connectivity index (χ1n) is 30.1. The van der Waals surface area contributed by atoms with Crippen LogP contribution in [-0.4, -0.2) is 73.4 Å².